The zero-order valence-corrected chi connectivity index (χ0v) is 10.3. The second-order valence-corrected chi connectivity index (χ2v) is 4.65. The molecule has 3 nitrogen and oxygen atoms in total. The fourth-order valence-electron chi connectivity index (χ4n) is 2.17. The highest BCUT2D eigenvalue weighted by Gasteiger charge is 2.37. The van der Waals surface area contributed by atoms with Gasteiger partial charge in [0.1, 0.15) is 11.4 Å². The van der Waals surface area contributed by atoms with Crippen molar-refractivity contribution in [2.75, 3.05) is 13.7 Å². The molecule has 0 aromatic heterocycles. The molecule has 0 aromatic carbocycles. The van der Waals surface area contributed by atoms with Gasteiger partial charge in [0.05, 0.1) is 0 Å². The van der Waals surface area contributed by atoms with E-state index in [2.05, 4.69) is 18.8 Å². The number of aliphatic imine (C=N–C) groups is 1. The van der Waals surface area contributed by atoms with E-state index < -0.39 is 0 Å². The van der Waals surface area contributed by atoms with Gasteiger partial charge in [-0.15, -0.1) is 0 Å². The summed E-state index contributed by atoms with van der Waals surface area (Å²) in [5, 5.41) is 0. The molecular formula is C12H24N2O. The summed E-state index contributed by atoms with van der Waals surface area (Å²) in [5.74, 6) is 1.51. The van der Waals surface area contributed by atoms with Crippen molar-refractivity contribution in [1.29, 1.82) is 0 Å². The van der Waals surface area contributed by atoms with Crippen LogP contribution in [0.2, 0.25) is 0 Å². The number of rotatable bonds is 4. The maximum atomic E-state index is 6.05. The lowest BCUT2D eigenvalue weighted by atomic mass is 9.78. The van der Waals surface area contributed by atoms with Crippen molar-refractivity contribution in [3.8, 4) is 0 Å². The Kier molecular flexibility index (Phi) is 4.58. The highest BCUT2D eigenvalue weighted by Crippen LogP contribution is 2.34. The predicted molar refractivity (Wildman–Crippen MR) is 64.2 cm³/mol. The number of nitrogens with zero attached hydrogens (tertiary/aromatic N) is 1. The quantitative estimate of drug-likeness (QED) is 0.574. The number of nitrogens with two attached hydrogens (primary N) is 1. The molecule has 0 bridgehead atoms. The highest BCUT2D eigenvalue weighted by atomic mass is 16.5. The first-order valence-corrected chi connectivity index (χ1v) is 6.00. The summed E-state index contributed by atoms with van der Waals surface area (Å²) in [4.78, 5) is 4.40. The van der Waals surface area contributed by atoms with Gasteiger partial charge in [0, 0.05) is 13.7 Å². The Hall–Kier alpha value is -0.570. The molecule has 1 rings (SSSR count). The average molecular weight is 212 g/mol. The highest BCUT2D eigenvalue weighted by molar-refractivity contribution is 5.89. The van der Waals surface area contributed by atoms with Gasteiger partial charge in [-0.05, 0) is 38.0 Å². The summed E-state index contributed by atoms with van der Waals surface area (Å²) < 4.78 is 5.63. The average Bonchev–Trinajstić information content (AvgIpc) is 2.27. The van der Waals surface area contributed by atoms with Crippen LogP contribution in [0.15, 0.2) is 4.99 Å². The van der Waals surface area contributed by atoms with Crippen molar-refractivity contribution in [2.24, 2.45) is 16.6 Å². The third-order valence-corrected chi connectivity index (χ3v) is 3.45. The third kappa shape index (κ3) is 2.94. The van der Waals surface area contributed by atoms with Crippen molar-refractivity contribution in [1.82, 2.24) is 0 Å². The molecule has 3 heteroatoms. The van der Waals surface area contributed by atoms with Crippen LogP contribution in [0.1, 0.15) is 46.0 Å². The molecule has 0 atom stereocenters. The topological polar surface area (TPSA) is 47.6 Å². The van der Waals surface area contributed by atoms with E-state index in [9.17, 15) is 0 Å². The monoisotopic (exact) mass is 212 g/mol. The Bertz CT molecular complexity index is 218. The van der Waals surface area contributed by atoms with Crippen molar-refractivity contribution in [3.05, 3.63) is 0 Å². The van der Waals surface area contributed by atoms with Crippen molar-refractivity contribution in [2.45, 2.75) is 51.6 Å². The van der Waals surface area contributed by atoms with Crippen molar-refractivity contribution in [3.63, 3.8) is 0 Å². The lowest BCUT2D eigenvalue weighted by Gasteiger charge is -2.37. The predicted octanol–water partition coefficient (Wildman–Crippen LogP) is 2.35. The van der Waals surface area contributed by atoms with Crippen molar-refractivity contribution >= 4 is 5.84 Å². The van der Waals surface area contributed by atoms with Crippen LogP contribution in [0, 0.1) is 5.92 Å². The van der Waals surface area contributed by atoms with Crippen LogP contribution in [0.4, 0.5) is 0 Å². The Morgan fingerprint density at radius 2 is 2.07 bits per heavy atom. The van der Waals surface area contributed by atoms with E-state index in [0.717, 1.165) is 31.7 Å². The van der Waals surface area contributed by atoms with Gasteiger partial charge in [-0.3, -0.25) is 4.99 Å². The third-order valence-electron chi connectivity index (χ3n) is 3.45. The van der Waals surface area contributed by atoms with E-state index in [-0.39, 0.29) is 5.60 Å². The summed E-state index contributed by atoms with van der Waals surface area (Å²) in [6, 6.07) is 0. The molecule has 0 heterocycles. The van der Waals surface area contributed by atoms with Crippen LogP contribution in [-0.4, -0.2) is 25.1 Å². The van der Waals surface area contributed by atoms with E-state index >= 15 is 0 Å². The van der Waals surface area contributed by atoms with Gasteiger partial charge < -0.3 is 10.5 Å². The second-order valence-electron chi connectivity index (χ2n) is 4.65. The summed E-state index contributed by atoms with van der Waals surface area (Å²) >= 11 is 0. The van der Waals surface area contributed by atoms with Crippen LogP contribution < -0.4 is 5.73 Å². The van der Waals surface area contributed by atoms with Gasteiger partial charge in [-0.25, -0.2) is 0 Å². The molecule has 0 unspecified atom stereocenters. The SMILES string of the molecule is CCCN=C(N)C1(OC)CCC(C)CC1. The first-order valence-electron chi connectivity index (χ1n) is 6.00. The molecule has 0 aromatic rings. The Morgan fingerprint density at radius 3 is 2.53 bits per heavy atom. The number of ether oxygens (including phenoxy) is 1. The minimum Gasteiger partial charge on any atom is -0.385 e. The van der Waals surface area contributed by atoms with E-state index in [1.165, 1.54) is 12.8 Å². The lowest BCUT2D eigenvalue weighted by Crippen LogP contribution is -2.48. The molecule has 0 aliphatic heterocycles. The zero-order valence-electron chi connectivity index (χ0n) is 10.3. The maximum absolute atomic E-state index is 6.05. The molecule has 0 radical (unpaired) electrons. The number of hydrogen-bond acceptors (Lipinski definition) is 2. The second kappa shape index (κ2) is 5.50. The van der Waals surface area contributed by atoms with Crippen molar-refractivity contribution < 1.29 is 4.74 Å². The van der Waals surface area contributed by atoms with Crippen LogP contribution >= 0.6 is 0 Å². The zero-order chi connectivity index (χ0) is 11.3. The van der Waals surface area contributed by atoms with Gasteiger partial charge >= 0.3 is 0 Å². The molecule has 15 heavy (non-hydrogen) atoms. The van der Waals surface area contributed by atoms with Crippen LogP contribution in [-0.2, 0) is 4.74 Å². The summed E-state index contributed by atoms with van der Waals surface area (Å²) in [6.07, 6.45) is 5.46. The molecule has 1 fully saturated rings. The van der Waals surface area contributed by atoms with Gasteiger partial charge in [-0.1, -0.05) is 13.8 Å². The summed E-state index contributed by atoms with van der Waals surface area (Å²) in [7, 11) is 1.75. The maximum Gasteiger partial charge on any atom is 0.126 e. The minimum atomic E-state index is -0.262. The van der Waals surface area contributed by atoms with E-state index in [1.54, 1.807) is 7.11 Å². The molecule has 1 aliphatic carbocycles. The fraction of sp³-hybridized carbons (Fsp3) is 0.917. The van der Waals surface area contributed by atoms with Crippen LogP contribution in [0.25, 0.3) is 0 Å². The number of hydrogen-bond donors (Lipinski definition) is 1. The number of methoxy groups -OCH3 is 1. The van der Waals surface area contributed by atoms with E-state index in [1.807, 2.05) is 0 Å². The van der Waals surface area contributed by atoms with Crippen LogP contribution in [0.3, 0.4) is 0 Å². The van der Waals surface area contributed by atoms with Gasteiger partial charge in [0.15, 0.2) is 0 Å². The molecule has 1 saturated carbocycles. The molecule has 0 amide bonds. The first kappa shape index (κ1) is 12.5. The van der Waals surface area contributed by atoms with Gasteiger partial charge in [0.25, 0.3) is 0 Å². The number of amidine groups is 1. The molecule has 0 spiro atoms. The molecule has 2 N–H and O–H groups in total. The Balaban J connectivity index is 2.67. The Labute approximate surface area is 93.1 Å². The van der Waals surface area contributed by atoms with Gasteiger partial charge in [0.2, 0.25) is 0 Å². The molecule has 88 valence electrons. The van der Waals surface area contributed by atoms with Gasteiger partial charge in [-0.2, -0.15) is 0 Å². The largest absolute Gasteiger partial charge is 0.385 e. The summed E-state index contributed by atoms with van der Waals surface area (Å²) in [5.41, 5.74) is 5.79. The molecule has 0 saturated heterocycles. The van der Waals surface area contributed by atoms with E-state index in [0.29, 0.717) is 5.84 Å². The standard InChI is InChI=1S/C12H24N2O/c1-4-9-14-11(13)12(15-3)7-5-10(2)6-8-12/h10H,4-9H2,1-3H3,(H2,13,14). The Morgan fingerprint density at radius 1 is 1.47 bits per heavy atom. The molecule has 1 aliphatic rings. The fourth-order valence-corrected chi connectivity index (χ4v) is 2.17. The van der Waals surface area contributed by atoms with Crippen LogP contribution in [0.5, 0.6) is 0 Å². The normalized spacial score (nSPS) is 33.0. The van der Waals surface area contributed by atoms with E-state index in [4.69, 9.17) is 10.5 Å². The summed E-state index contributed by atoms with van der Waals surface area (Å²) in [6.45, 7) is 5.21. The smallest absolute Gasteiger partial charge is 0.126 e. The first-order chi connectivity index (χ1) is 7.14. The lowest BCUT2D eigenvalue weighted by molar-refractivity contribution is 0.00795. The molecular weight excluding hydrogens is 188 g/mol. The minimum absolute atomic E-state index is 0.262.